The van der Waals surface area contributed by atoms with E-state index in [1.54, 1.807) is 12.1 Å². The normalized spacial score (nSPS) is 23.5. The molecule has 3 nitrogen and oxygen atoms in total. The van der Waals surface area contributed by atoms with E-state index in [4.69, 9.17) is 11.6 Å². The van der Waals surface area contributed by atoms with Crippen LogP contribution in [0.15, 0.2) is 18.2 Å². The molecule has 106 valence electrons. The molecular formula is C14H20ClFN2O. The minimum absolute atomic E-state index is 0.00872. The van der Waals surface area contributed by atoms with E-state index in [-0.39, 0.29) is 18.3 Å². The summed E-state index contributed by atoms with van der Waals surface area (Å²) in [5, 5.41) is 10.8. The first-order valence-electron chi connectivity index (χ1n) is 6.48. The Balaban J connectivity index is 2.10. The molecule has 1 aliphatic heterocycles. The fourth-order valence-electron chi connectivity index (χ4n) is 2.53. The fourth-order valence-corrected chi connectivity index (χ4v) is 2.77. The number of aliphatic hydroxyl groups is 1. The minimum Gasteiger partial charge on any atom is -0.391 e. The van der Waals surface area contributed by atoms with Crippen LogP contribution in [0.1, 0.15) is 5.56 Å². The Labute approximate surface area is 118 Å². The second kappa shape index (κ2) is 6.18. The van der Waals surface area contributed by atoms with Crippen molar-refractivity contribution in [3.05, 3.63) is 34.6 Å². The molecule has 0 radical (unpaired) electrons. The van der Waals surface area contributed by atoms with Gasteiger partial charge in [-0.3, -0.25) is 4.90 Å². The van der Waals surface area contributed by atoms with Crippen LogP contribution in [0.25, 0.3) is 0 Å². The van der Waals surface area contributed by atoms with Crippen molar-refractivity contribution in [3.8, 4) is 0 Å². The minimum atomic E-state index is -0.623. The molecule has 1 aromatic rings. The highest BCUT2D eigenvalue weighted by Crippen LogP contribution is 2.22. The predicted octanol–water partition coefficient (Wildman–Crippen LogP) is 1.63. The number of halogens is 2. The summed E-state index contributed by atoms with van der Waals surface area (Å²) in [6.07, 6.45) is -0.379. The number of rotatable bonds is 3. The van der Waals surface area contributed by atoms with E-state index >= 15 is 0 Å². The SMILES string of the molecule is CN1CCN(C)C(C(O)Cc2c(F)cccc2Cl)C1. The topological polar surface area (TPSA) is 26.7 Å². The first kappa shape index (κ1) is 14.7. The number of piperazine rings is 1. The third-order valence-corrected chi connectivity index (χ3v) is 4.17. The van der Waals surface area contributed by atoms with Gasteiger partial charge >= 0.3 is 0 Å². The van der Waals surface area contributed by atoms with Crippen LogP contribution in [0.2, 0.25) is 5.02 Å². The van der Waals surface area contributed by atoms with Crippen molar-refractivity contribution in [1.29, 1.82) is 0 Å². The molecule has 2 atom stereocenters. The molecule has 0 aliphatic carbocycles. The smallest absolute Gasteiger partial charge is 0.127 e. The van der Waals surface area contributed by atoms with Crippen LogP contribution in [-0.2, 0) is 6.42 Å². The Hall–Kier alpha value is -0.680. The third-order valence-electron chi connectivity index (χ3n) is 3.82. The summed E-state index contributed by atoms with van der Waals surface area (Å²) in [6, 6.07) is 4.62. The number of hydrogen-bond acceptors (Lipinski definition) is 3. The van der Waals surface area contributed by atoms with Crippen molar-refractivity contribution in [2.24, 2.45) is 0 Å². The second-order valence-corrected chi connectivity index (χ2v) is 5.69. The summed E-state index contributed by atoms with van der Waals surface area (Å²) in [5.41, 5.74) is 0.401. The van der Waals surface area contributed by atoms with Gasteiger partial charge in [-0.1, -0.05) is 17.7 Å². The van der Waals surface area contributed by atoms with Gasteiger partial charge in [0.15, 0.2) is 0 Å². The molecule has 1 aromatic carbocycles. The van der Waals surface area contributed by atoms with Gasteiger partial charge in [0, 0.05) is 42.7 Å². The lowest BCUT2D eigenvalue weighted by atomic mass is 9.99. The maximum atomic E-state index is 13.7. The van der Waals surface area contributed by atoms with Crippen LogP contribution >= 0.6 is 11.6 Å². The molecule has 5 heteroatoms. The Morgan fingerprint density at radius 3 is 2.84 bits per heavy atom. The van der Waals surface area contributed by atoms with Crippen molar-refractivity contribution in [2.75, 3.05) is 33.7 Å². The predicted molar refractivity (Wildman–Crippen MR) is 75.0 cm³/mol. The molecule has 1 heterocycles. The van der Waals surface area contributed by atoms with Gasteiger partial charge in [-0.05, 0) is 26.2 Å². The van der Waals surface area contributed by atoms with Crippen LogP contribution in [-0.4, -0.2) is 60.8 Å². The number of aliphatic hydroxyl groups excluding tert-OH is 1. The van der Waals surface area contributed by atoms with E-state index in [2.05, 4.69) is 9.80 Å². The van der Waals surface area contributed by atoms with E-state index in [0.717, 1.165) is 19.6 Å². The molecule has 0 aromatic heterocycles. The average Bonchev–Trinajstić information content (AvgIpc) is 2.37. The second-order valence-electron chi connectivity index (χ2n) is 5.28. The highest BCUT2D eigenvalue weighted by Gasteiger charge is 2.29. The van der Waals surface area contributed by atoms with Crippen molar-refractivity contribution in [3.63, 3.8) is 0 Å². The molecule has 0 spiro atoms. The first-order chi connectivity index (χ1) is 8.99. The lowest BCUT2D eigenvalue weighted by Crippen LogP contribution is -2.55. The maximum absolute atomic E-state index is 13.7. The summed E-state index contributed by atoms with van der Waals surface area (Å²) in [6.45, 7) is 2.67. The molecule has 0 amide bonds. The summed E-state index contributed by atoms with van der Waals surface area (Å²) in [5.74, 6) is -0.349. The average molecular weight is 287 g/mol. The van der Waals surface area contributed by atoms with Gasteiger partial charge in [0.25, 0.3) is 0 Å². The zero-order chi connectivity index (χ0) is 14.0. The Morgan fingerprint density at radius 2 is 2.16 bits per heavy atom. The Morgan fingerprint density at radius 1 is 1.42 bits per heavy atom. The number of nitrogens with zero attached hydrogens (tertiary/aromatic N) is 2. The Kier molecular flexibility index (Phi) is 4.79. The molecule has 1 aliphatic rings. The van der Waals surface area contributed by atoms with Gasteiger partial charge in [0.2, 0.25) is 0 Å². The van der Waals surface area contributed by atoms with Gasteiger partial charge in [-0.15, -0.1) is 0 Å². The van der Waals surface area contributed by atoms with Gasteiger partial charge in [0.1, 0.15) is 5.82 Å². The van der Waals surface area contributed by atoms with Gasteiger partial charge in [-0.2, -0.15) is 0 Å². The lowest BCUT2D eigenvalue weighted by Gasteiger charge is -2.40. The Bertz CT molecular complexity index is 423. The molecular weight excluding hydrogens is 267 g/mol. The van der Waals surface area contributed by atoms with Crippen LogP contribution in [0.4, 0.5) is 4.39 Å². The van der Waals surface area contributed by atoms with E-state index in [1.807, 2.05) is 14.1 Å². The highest BCUT2D eigenvalue weighted by molar-refractivity contribution is 6.31. The lowest BCUT2D eigenvalue weighted by molar-refractivity contribution is 0.0149. The monoisotopic (exact) mass is 286 g/mol. The highest BCUT2D eigenvalue weighted by atomic mass is 35.5. The summed E-state index contributed by atoms with van der Waals surface area (Å²) < 4.78 is 13.7. The fraction of sp³-hybridized carbons (Fsp3) is 0.571. The molecule has 2 unspecified atom stereocenters. The molecule has 0 saturated carbocycles. The van der Waals surface area contributed by atoms with E-state index in [9.17, 15) is 9.50 Å². The van der Waals surface area contributed by atoms with E-state index in [0.29, 0.717) is 10.6 Å². The molecule has 0 bridgehead atoms. The molecule has 1 saturated heterocycles. The van der Waals surface area contributed by atoms with Crippen molar-refractivity contribution in [1.82, 2.24) is 9.80 Å². The van der Waals surface area contributed by atoms with E-state index < -0.39 is 6.10 Å². The number of hydrogen-bond donors (Lipinski definition) is 1. The standard InChI is InChI=1S/C14H20ClFN2O/c1-17-6-7-18(2)13(9-17)14(19)8-10-11(15)4-3-5-12(10)16/h3-5,13-14,19H,6-9H2,1-2H3. The van der Waals surface area contributed by atoms with Gasteiger partial charge in [-0.25, -0.2) is 4.39 Å². The molecule has 2 rings (SSSR count). The molecule has 19 heavy (non-hydrogen) atoms. The van der Waals surface area contributed by atoms with Crippen LogP contribution in [0.3, 0.4) is 0 Å². The number of likely N-dealkylation sites (N-methyl/N-ethyl adjacent to an activating group) is 2. The van der Waals surface area contributed by atoms with Crippen molar-refractivity contribution in [2.45, 2.75) is 18.6 Å². The summed E-state index contributed by atoms with van der Waals surface area (Å²) in [7, 11) is 4.02. The largest absolute Gasteiger partial charge is 0.391 e. The maximum Gasteiger partial charge on any atom is 0.127 e. The third kappa shape index (κ3) is 3.45. The van der Waals surface area contributed by atoms with Crippen LogP contribution in [0, 0.1) is 5.82 Å². The van der Waals surface area contributed by atoms with Crippen LogP contribution < -0.4 is 0 Å². The first-order valence-corrected chi connectivity index (χ1v) is 6.86. The quantitative estimate of drug-likeness (QED) is 0.915. The van der Waals surface area contributed by atoms with E-state index in [1.165, 1.54) is 6.07 Å². The zero-order valence-electron chi connectivity index (χ0n) is 11.3. The van der Waals surface area contributed by atoms with Crippen LogP contribution in [0.5, 0.6) is 0 Å². The zero-order valence-corrected chi connectivity index (χ0v) is 12.1. The van der Waals surface area contributed by atoms with Gasteiger partial charge < -0.3 is 10.0 Å². The van der Waals surface area contributed by atoms with Crippen molar-refractivity contribution < 1.29 is 9.50 Å². The number of benzene rings is 1. The van der Waals surface area contributed by atoms with Gasteiger partial charge in [0.05, 0.1) is 6.10 Å². The molecule has 1 N–H and O–H groups in total. The summed E-state index contributed by atoms with van der Waals surface area (Å²) >= 11 is 6.00. The molecule has 1 fully saturated rings. The van der Waals surface area contributed by atoms with Crippen molar-refractivity contribution >= 4 is 11.6 Å². The summed E-state index contributed by atoms with van der Waals surface area (Å²) in [4.78, 5) is 4.30.